The molecule has 0 bridgehead atoms. The van der Waals surface area contributed by atoms with Crippen LogP contribution in [0.5, 0.6) is 0 Å². The maximum absolute atomic E-state index is 6.15. The normalized spacial score (nSPS) is 13.9. The Morgan fingerprint density at radius 1 is 0.857 bits per heavy atom. The largest absolute Gasteiger partial charge is 0.0840 e. The average Bonchev–Trinajstić information content (AvgIpc) is 2.60. The molecule has 0 unspecified atom stereocenters. The fraction of sp³-hybridized carbons (Fsp3) is 0.167. The van der Waals surface area contributed by atoms with E-state index < -0.39 is 0 Å². The third-order valence-corrected chi connectivity index (χ3v) is 3.59. The van der Waals surface area contributed by atoms with Crippen molar-refractivity contribution in [2.45, 2.75) is 12.8 Å². The molecule has 14 heavy (non-hydrogen) atoms. The van der Waals surface area contributed by atoms with Gasteiger partial charge in [-0.3, -0.25) is 0 Å². The van der Waals surface area contributed by atoms with Gasteiger partial charge in [0.2, 0.25) is 0 Å². The molecule has 0 atom stereocenters. The van der Waals surface area contributed by atoms with E-state index in [1.54, 1.807) is 0 Å². The molecule has 1 aliphatic rings. The fourth-order valence-electron chi connectivity index (χ4n) is 2.25. The van der Waals surface area contributed by atoms with Crippen LogP contribution in [0.4, 0.5) is 0 Å². The molecular formula is C12H8Cl2. The number of benzene rings is 2. The summed E-state index contributed by atoms with van der Waals surface area (Å²) in [5.41, 5.74) is 2.64. The molecule has 2 aromatic carbocycles. The van der Waals surface area contributed by atoms with E-state index in [-0.39, 0.29) is 0 Å². The van der Waals surface area contributed by atoms with Crippen LogP contribution < -0.4 is 0 Å². The predicted molar refractivity (Wildman–Crippen MR) is 61.4 cm³/mol. The summed E-state index contributed by atoms with van der Waals surface area (Å²) in [6.07, 6.45) is 2.14. The van der Waals surface area contributed by atoms with Crippen molar-refractivity contribution in [1.82, 2.24) is 0 Å². The number of hydrogen-bond acceptors (Lipinski definition) is 0. The highest BCUT2D eigenvalue weighted by atomic mass is 35.5. The van der Waals surface area contributed by atoms with Gasteiger partial charge in [-0.25, -0.2) is 0 Å². The minimum atomic E-state index is 0.823. The Morgan fingerprint density at radius 2 is 1.64 bits per heavy atom. The fourth-order valence-corrected chi connectivity index (χ4v) is 2.72. The Hall–Kier alpha value is -0.720. The van der Waals surface area contributed by atoms with E-state index in [0.29, 0.717) is 0 Å². The zero-order chi connectivity index (χ0) is 9.71. The molecule has 0 saturated carbocycles. The first-order chi connectivity index (χ1) is 6.77. The number of halogens is 2. The van der Waals surface area contributed by atoms with Crippen LogP contribution in [0.1, 0.15) is 11.1 Å². The summed E-state index contributed by atoms with van der Waals surface area (Å²) in [4.78, 5) is 0. The van der Waals surface area contributed by atoms with Crippen molar-refractivity contribution in [2.75, 3.05) is 0 Å². The predicted octanol–water partition coefficient (Wildman–Crippen LogP) is 4.25. The van der Waals surface area contributed by atoms with Crippen LogP contribution in [0.25, 0.3) is 10.8 Å². The van der Waals surface area contributed by atoms with Gasteiger partial charge >= 0.3 is 0 Å². The molecule has 0 saturated heterocycles. The summed E-state index contributed by atoms with van der Waals surface area (Å²) in [7, 11) is 0. The Balaban J connectivity index is 2.57. The van der Waals surface area contributed by atoms with E-state index in [9.17, 15) is 0 Å². The number of hydrogen-bond donors (Lipinski definition) is 0. The van der Waals surface area contributed by atoms with Crippen LogP contribution >= 0.6 is 23.2 Å². The summed E-state index contributed by atoms with van der Waals surface area (Å²) in [6, 6.07) is 8.04. The molecule has 0 amide bonds. The lowest BCUT2D eigenvalue weighted by Gasteiger charge is -2.04. The van der Waals surface area contributed by atoms with Gasteiger partial charge in [0.1, 0.15) is 0 Å². The first-order valence-corrected chi connectivity index (χ1v) is 5.41. The van der Waals surface area contributed by atoms with E-state index >= 15 is 0 Å². The molecule has 0 aromatic heterocycles. The summed E-state index contributed by atoms with van der Waals surface area (Å²) in [6.45, 7) is 0. The Labute approximate surface area is 92.4 Å². The zero-order valence-electron chi connectivity index (χ0n) is 7.48. The minimum absolute atomic E-state index is 0.823. The van der Waals surface area contributed by atoms with Crippen LogP contribution in [0.3, 0.4) is 0 Å². The van der Waals surface area contributed by atoms with Crippen molar-refractivity contribution in [3.05, 3.63) is 45.4 Å². The SMILES string of the molecule is Clc1ccc2c(Cl)ccc3c2c1CC3. The van der Waals surface area contributed by atoms with Gasteiger partial charge in [0.15, 0.2) is 0 Å². The second-order valence-corrected chi connectivity index (χ2v) is 4.47. The molecule has 0 radical (unpaired) electrons. The molecule has 0 heterocycles. The van der Waals surface area contributed by atoms with E-state index in [1.165, 1.54) is 16.5 Å². The minimum Gasteiger partial charge on any atom is -0.0840 e. The van der Waals surface area contributed by atoms with Crippen molar-refractivity contribution in [3.63, 3.8) is 0 Å². The van der Waals surface area contributed by atoms with Crippen molar-refractivity contribution in [1.29, 1.82) is 0 Å². The smallest absolute Gasteiger partial charge is 0.0484 e. The maximum atomic E-state index is 6.15. The molecule has 0 nitrogen and oxygen atoms in total. The Morgan fingerprint density at radius 3 is 2.50 bits per heavy atom. The molecule has 3 rings (SSSR count). The molecule has 2 heteroatoms. The lowest BCUT2D eigenvalue weighted by Crippen LogP contribution is -1.81. The monoisotopic (exact) mass is 222 g/mol. The molecule has 0 N–H and O–H groups in total. The van der Waals surface area contributed by atoms with Gasteiger partial charge in [-0.1, -0.05) is 35.3 Å². The first-order valence-electron chi connectivity index (χ1n) is 4.66. The highest BCUT2D eigenvalue weighted by molar-refractivity contribution is 6.37. The number of rotatable bonds is 0. The Bertz CT molecular complexity index is 529. The molecule has 1 aliphatic carbocycles. The van der Waals surface area contributed by atoms with E-state index in [2.05, 4.69) is 6.07 Å². The van der Waals surface area contributed by atoms with Crippen LogP contribution in [0.2, 0.25) is 10.0 Å². The standard InChI is InChI=1S/C12H8Cl2/c13-10-5-2-7-1-3-8-11(14)6-4-9(10)12(7)8/h2,4-6H,1,3H2. The molecule has 0 spiro atoms. The first kappa shape index (κ1) is 8.58. The van der Waals surface area contributed by atoms with Crippen LogP contribution in [-0.2, 0) is 12.8 Å². The van der Waals surface area contributed by atoms with E-state index in [4.69, 9.17) is 23.2 Å². The highest BCUT2D eigenvalue weighted by Crippen LogP contribution is 2.38. The molecular weight excluding hydrogens is 215 g/mol. The van der Waals surface area contributed by atoms with Gasteiger partial charge < -0.3 is 0 Å². The third kappa shape index (κ3) is 1.01. The second kappa shape index (κ2) is 2.88. The molecule has 0 aliphatic heterocycles. The van der Waals surface area contributed by atoms with Gasteiger partial charge in [-0.15, -0.1) is 0 Å². The van der Waals surface area contributed by atoms with Gasteiger partial charge in [0.25, 0.3) is 0 Å². The van der Waals surface area contributed by atoms with E-state index in [1.807, 2.05) is 18.2 Å². The highest BCUT2D eigenvalue weighted by Gasteiger charge is 2.17. The summed E-state index contributed by atoms with van der Waals surface area (Å²) < 4.78 is 0. The summed E-state index contributed by atoms with van der Waals surface area (Å²) in [5.74, 6) is 0. The quantitative estimate of drug-likeness (QED) is 0.626. The van der Waals surface area contributed by atoms with Crippen LogP contribution in [-0.4, -0.2) is 0 Å². The van der Waals surface area contributed by atoms with Crippen molar-refractivity contribution >= 4 is 34.0 Å². The molecule has 70 valence electrons. The molecule has 2 aromatic rings. The summed E-state index contributed by atoms with van der Waals surface area (Å²) >= 11 is 12.3. The van der Waals surface area contributed by atoms with Gasteiger partial charge in [0.05, 0.1) is 0 Å². The van der Waals surface area contributed by atoms with Crippen molar-refractivity contribution in [2.24, 2.45) is 0 Å². The second-order valence-electron chi connectivity index (χ2n) is 3.66. The van der Waals surface area contributed by atoms with Crippen LogP contribution in [0, 0.1) is 0 Å². The van der Waals surface area contributed by atoms with Crippen molar-refractivity contribution < 1.29 is 0 Å². The summed E-state index contributed by atoms with van der Waals surface area (Å²) in [5, 5.41) is 4.12. The van der Waals surface area contributed by atoms with Crippen LogP contribution in [0.15, 0.2) is 24.3 Å². The third-order valence-electron chi connectivity index (χ3n) is 2.91. The zero-order valence-corrected chi connectivity index (χ0v) is 8.99. The lowest BCUT2D eigenvalue weighted by atomic mass is 10.1. The van der Waals surface area contributed by atoms with E-state index in [0.717, 1.165) is 28.3 Å². The van der Waals surface area contributed by atoms with Gasteiger partial charge in [-0.2, -0.15) is 0 Å². The lowest BCUT2D eigenvalue weighted by molar-refractivity contribution is 1.02. The molecule has 0 fully saturated rings. The number of aryl methyl sites for hydroxylation is 2. The van der Waals surface area contributed by atoms with Crippen molar-refractivity contribution in [3.8, 4) is 0 Å². The van der Waals surface area contributed by atoms with Gasteiger partial charge in [0, 0.05) is 15.4 Å². The van der Waals surface area contributed by atoms with Gasteiger partial charge in [-0.05, 0) is 41.5 Å². The Kier molecular flexibility index (Phi) is 1.77. The average molecular weight is 223 g/mol. The maximum Gasteiger partial charge on any atom is 0.0484 e. The topological polar surface area (TPSA) is 0 Å².